The molecule has 1 aromatic carbocycles. The third-order valence-electron chi connectivity index (χ3n) is 2.39. The molecule has 0 saturated carbocycles. The molecule has 2 rings (SSSR count). The fraction of sp³-hybridized carbons (Fsp3) is 0.0833. The molecule has 0 atom stereocenters. The second-order valence-corrected chi connectivity index (χ2v) is 4.97. The number of nitrogens with zero attached hydrogens (tertiary/aromatic N) is 1. The molecule has 0 aliphatic rings. The number of benzene rings is 1. The molecular formula is C12H7Cl3F2N2. The van der Waals surface area contributed by atoms with E-state index >= 15 is 0 Å². The van der Waals surface area contributed by atoms with E-state index < -0.39 is 11.6 Å². The van der Waals surface area contributed by atoms with Crippen molar-refractivity contribution < 1.29 is 8.78 Å². The maximum atomic E-state index is 13.7. The summed E-state index contributed by atoms with van der Waals surface area (Å²) in [5, 5.41) is 2.91. The first-order chi connectivity index (χ1) is 8.88. The minimum Gasteiger partial charge on any atom is -0.336 e. The van der Waals surface area contributed by atoms with Crippen LogP contribution in [0, 0.1) is 18.6 Å². The smallest absolute Gasteiger partial charge is 0.151 e. The molecule has 1 N–H and O–H groups in total. The van der Waals surface area contributed by atoms with Crippen LogP contribution in [-0.2, 0) is 0 Å². The Kier molecular flexibility index (Phi) is 4.13. The molecule has 100 valence electrons. The van der Waals surface area contributed by atoms with Crippen LogP contribution in [0.15, 0.2) is 18.2 Å². The predicted octanol–water partition coefficient (Wildman–Crippen LogP) is 5.37. The highest BCUT2D eigenvalue weighted by atomic mass is 35.5. The van der Waals surface area contributed by atoms with E-state index in [-0.39, 0.29) is 32.3 Å². The number of anilines is 2. The quantitative estimate of drug-likeness (QED) is 0.751. The number of aryl methyl sites for hydroxylation is 1. The zero-order chi connectivity index (χ0) is 14.2. The van der Waals surface area contributed by atoms with Crippen molar-refractivity contribution in [1.29, 1.82) is 0 Å². The van der Waals surface area contributed by atoms with Gasteiger partial charge in [-0.05, 0) is 24.6 Å². The van der Waals surface area contributed by atoms with Gasteiger partial charge in [0.2, 0.25) is 0 Å². The van der Waals surface area contributed by atoms with Crippen LogP contribution in [0.1, 0.15) is 5.56 Å². The number of aromatic nitrogens is 1. The van der Waals surface area contributed by atoms with Crippen LogP contribution in [0.25, 0.3) is 0 Å². The molecule has 0 bridgehead atoms. The minimum absolute atomic E-state index is 0.0153. The number of hydrogen-bond acceptors (Lipinski definition) is 2. The van der Waals surface area contributed by atoms with Gasteiger partial charge in [-0.15, -0.1) is 0 Å². The fourth-order valence-electron chi connectivity index (χ4n) is 1.40. The number of rotatable bonds is 2. The molecule has 0 radical (unpaired) electrons. The standard InChI is InChI=1S/C12H7Cl3F2N2/c1-5-2-9(17)10(4-8(5)16)18-12-7(14)3-6(13)11(15)19-12/h2-4H,1H3,(H,18,19). The average molecular weight is 324 g/mol. The first-order valence-electron chi connectivity index (χ1n) is 5.12. The highest BCUT2D eigenvalue weighted by Gasteiger charge is 2.12. The van der Waals surface area contributed by atoms with Crippen LogP contribution in [0.5, 0.6) is 0 Å². The predicted molar refractivity (Wildman–Crippen MR) is 73.6 cm³/mol. The highest BCUT2D eigenvalue weighted by Crippen LogP contribution is 2.31. The van der Waals surface area contributed by atoms with Crippen LogP contribution in [0.2, 0.25) is 15.2 Å². The summed E-state index contributed by atoms with van der Waals surface area (Å²) in [4.78, 5) is 3.86. The van der Waals surface area contributed by atoms with Crippen LogP contribution >= 0.6 is 34.8 Å². The number of hydrogen-bond donors (Lipinski definition) is 1. The van der Waals surface area contributed by atoms with E-state index in [2.05, 4.69) is 10.3 Å². The average Bonchev–Trinajstić information content (AvgIpc) is 2.32. The zero-order valence-corrected chi connectivity index (χ0v) is 11.8. The molecule has 2 aromatic rings. The van der Waals surface area contributed by atoms with Gasteiger partial charge in [-0.1, -0.05) is 34.8 Å². The summed E-state index contributed by atoms with van der Waals surface area (Å²) < 4.78 is 27.1. The Hall–Kier alpha value is -1.10. The molecule has 1 aromatic heterocycles. The molecule has 1 heterocycles. The van der Waals surface area contributed by atoms with E-state index in [4.69, 9.17) is 34.8 Å². The number of nitrogens with one attached hydrogen (secondary N) is 1. The summed E-state index contributed by atoms with van der Waals surface area (Å²) in [5.41, 5.74) is 0.118. The van der Waals surface area contributed by atoms with E-state index in [1.165, 1.54) is 13.0 Å². The summed E-state index contributed by atoms with van der Waals surface area (Å²) in [6, 6.07) is 3.46. The van der Waals surface area contributed by atoms with Gasteiger partial charge in [-0.2, -0.15) is 0 Å². The highest BCUT2D eigenvalue weighted by molar-refractivity contribution is 6.43. The van der Waals surface area contributed by atoms with Gasteiger partial charge in [0.05, 0.1) is 15.7 Å². The molecular weight excluding hydrogens is 317 g/mol. The van der Waals surface area contributed by atoms with Gasteiger partial charge in [0.15, 0.2) is 5.82 Å². The Morgan fingerprint density at radius 2 is 1.68 bits per heavy atom. The Morgan fingerprint density at radius 1 is 1.00 bits per heavy atom. The lowest BCUT2D eigenvalue weighted by atomic mass is 10.2. The molecule has 0 saturated heterocycles. The molecule has 7 heteroatoms. The second kappa shape index (κ2) is 5.49. The summed E-state index contributed by atoms with van der Waals surface area (Å²) in [7, 11) is 0. The van der Waals surface area contributed by atoms with Gasteiger partial charge in [-0.25, -0.2) is 13.8 Å². The maximum absolute atomic E-state index is 13.7. The Morgan fingerprint density at radius 3 is 2.37 bits per heavy atom. The normalized spacial score (nSPS) is 10.6. The van der Waals surface area contributed by atoms with Gasteiger partial charge in [0.1, 0.15) is 16.8 Å². The fourth-order valence-corrected chi connectivity index (χ4v) is 1.95. The molecule has 0 amide bonds. The van der Waals surface area contributed by atoms with Gasteiger partial charge >= 0.3 is 0 Å². The van der Waals surface area contributed by atoms with E-state index in [1.807, 2.05) is 0 Å². The van der Waals surface area contributed by atoms with Crippen molar-refractivity contribution >= 4 is 46.3 Å². The van der Waals surface area contributed by atoms with Gasteiger partial charge in [0.25, 0.3) is 0 Å². The SMILES string of the molecule is Cc1cc(F)c(Nc2nc(Cl)c(Cl)cc2Cl)cc1F. The van der Waals surface area contributed by atoms with E-state index in [1.54, 1.807) is 0 Å². The van der Waals surface area contributed by atoms with Crippen LogP contribution in [0.3, 0.4) is 0 Å². The van der Waals surface area contributed by atoms with Crippen molar-refractivity contribution in [2.24, 2.45) is 0 Å². The first-order valence-corrected chi connectivity index (χ1v) is 6.26. The van der Waals surface area contributed by atoms with Gasteiger partial charge < -0.3 is 5.32 Å². The largest absolute Gasteiger partial charge is 0.336 e. The monoisotopic (exact) mass is 322 g/mol. The Labute approximate surface area is 123 Å². The Balaban J connectivity index is 2.42. The Bertz CT molecular complexity index is 592. The second-order valence-electron chi connectivity index (χ2n) is 3.80. The first kappa shape index (κ1) is 14.3. The number of halogens is 5. The number of pyridine rings is 1. The summed E-state index contributed by atoms with van der Waals surface area (Å²) in [6.45, 7) is 1.46. The van der Waals surface area contributed by atoms with Crippen molar-refractivity contribution in [3.05, 3.63) is 50.6 Å². The van der Waals surface area contributed by atoms with Crippen LogP contribution in [0.4, 0.5) is 20.3 Å². The van der Waals surface area contributed by atoms with Crippen molar-refractivity contribution in [3.63, 3.8) is 0 Å². The summed E-state index contributed by atoms with van der Waals surface area (Å²) in [5.74, 6) is -1.07. The lowest BCUT2D eigenvalue weighted by Gasteiger charge is -2.10. The summed E-state index contributed by atoms with van der Waals surface area (Å²) in [6.07, 6.45) is 0. The third-order valence-corrected chi connectivity index (χ3v) is 3.35. The molecule has 2 nitrogen and oxygen atoms in total. The zero-order valence-electron chi connectivity index (χ0n) is 9.57. The van der Waals surface area contributed by atoms with Gasteiger partial charge in [0, 0.05) is 6.07 Å². The van der Waals surface area contributed by atoms with Crippen LogP contribution < -0.4 is 5.32 Å². The molecule has 0 aliphatic carbocycles. The lowest BCUT2D eigenvalue weighted by molar-refractivity contribution is 0.595. The molecule has 0 fully saturated rings. The minimum atomic E-state index is -0.622. The topological polar surface area (TPSA) is 24.9 Å². The van der Waals surface area contributed by atoms with Crippen molar-refractivity contribution in [3.8, 4) is 0 Å². The van der Waals surface area contributed by atoms with E-state index in [0.29, 0.717) is 0 Å². The molecule has 0 spiro atoms. The molecule has 19 heavy (non-hydrogen) atoms. The summed E-state index contributed by atoms with van der Waals surface area (Å²) >= 11 is 17.4. The molecule has 0 unspecified atom stereocenters. The van der Waals surface area contributed by atoms with Gasteiger partial charge in [-0.3, -0.25) is 0 Å². The van der Waals surface area contributed by atoms with E-state index in [9.17, 15) is 8.78 Å². The maximum Gasteiger partial charge on any atom is 0.151 e. The van der Waals surface area contributed by atoms with Crippen molar-refractivity contribution in [2.45, 2.75) is 6.92 Å². The van der Waals surface area contributed by atoms with Crippen LogP contribution in [-0.4, -0.2) is 4.98 Å². The third kappa shape index (κ3) is 3.08. The van der Waals surface area contributed by atoms with E-state index in [0.717, 1.165) is 12.1 Å². The molecule has 0 aliphatic heterocycles. The van der Waals surface area contributed by atoms with Crippen molar-refractivity contribution in [1.82, 2.24) is 4.98 Å². The van der Waals surface area contributed by atoms with Crippen molar-refractivity contribution in [2.75, 3.05) is 5.32 Å². The lowest BCUT2D eigenvalue weighted by Crippen LogP contribution is -1.99.